The van der Waals surface area contributed by atoms with Crippen molar-refractivity contribution in [2.75, 3.05) is 26.1 Å². The molecule has 0 saturated carbocycles. The van der Waals surface area contributed by atoms with Crippen LogP contribution in [0.5, 0.6) is 0 Å². The van der Waals surface area contributed by atoms with Crippen LogP contribution < -0.4 is 0 Å². The van der Waals surface area contributed by atoms with Crippen molar-refractivity contribution in [2.45, 2.75) is 33.6 Å². The van der Waals surface area contributed by atoms with Gasteiger partial charge in [0, 0.05) is 18.3 Å². The fraction of sp³-hybridized carbons (Fsp3) is 1.00. The third-order valence-corrected chi connectivity index (χ3v) is 4.30. The second-order valence-electron chi connectivity index (χ2n) is 4.68. The number of likely N-dealkylation sites (tertiary alicyclic amines) is 1. The van der Waals surface area contributed by atoms with Gasteiger partial charge >= 0.3 is 0 Å². The maximum absolute atomic E-state index is 2.36. The summed E-state index contributed by atoms with van der Waals surface area (Å²) >= 11 is 0. The zero-order chi connectivity index (χ0) is 9.90. The number of nitrogens with zero attached hydrogens (tertiary/aromatic N) is 1. The lowest BCUT2D eigenvalue weighted by atomic mass is 9.92. The molecule has 1 fully saturated rings. The van der Waals surface area contributed by atoms with Crippen LogP contribution in [0.3, 0.4) is 0 Å². The number of hydrogen-bond acceptors (Lipinski definition) is 0. The van der Waals surface area contributed by atoms with E-state index in [1.807, 2.05) is 0 Å². The molecule has 0 bridgehead atoms. The molecule has 1 heterocycles. The van der Waals surface area contributed by atoms with Gasteiger partial charge in [-0.1, -0.05) is 13.8 Å². The van der Waals surface area contributed by atoms with Crippen LogP contribution in [0.1, 0.15) is 33.6 Å². The van der Waals surface area contributed by atoms with E-state index in [9.17, 15) is 0 Å². The first kappa shape index (κ1) is 11.1. The van der Waals surface area contributed by atoms with Crippen LogP contribution in [0.15, 0.2) is 0 Å². The minimum atomic E-state index is 1.00. The van der Waals surface area contributed by atoms with E-state index in [0.29, 0.717) is 0 Å². The largest absolute Gasteiger partial charge is 0.331 e. The van der Waals surface area contributed by atoms with E-state index in [0.717, 1.165) is 11.8 Å². The maximum Gasteiger partial charge on any atom is 0.173 e. The van der Waals surface area contributed by atoms with E-state index >= 15 is 0 Å². The molecule has 13 heavy (non-hydrogen) atoms. The molecule has 2 unspecified atom stereocenters. The first-order valence-corrected chi connectivity index (χ1v) is 6.06. The molecule has 1 aliphatic heterocycles. The Labute approximate surface area is 84.5 Å². The van der Waals surface area contributed by atoms with Crippen molar-refractivity contribution in [1.82, 2.24) is 0 Å². The molecule has 1 saturated heterocycles. The molecule has 0 aromatic carbocycles. The molecule has 0 radical (unpaired) electrons. The smallest absolute Gasteiger partial charge is 0.173 e. The molecule has 76 valence electrons. The molecule has 0 aliphatic carbocycles. The molecule has 0 aromatic heterocycles. The zero-order valence-corrected chi connectivity index (χ0v) is 9.84. The van der Waals surface area contributed by atoms with Crippen molar-refractivity contribution in [3.63, 3.8) is 0 Å². The van der Waals surface area contributed by atoms with E-state index < -0.39 is 0 Å². The highest BCUT2D eigenvalue weighted by molar-refractivity contribution is 6.08. The van der Waals surface area contributed by atoms with Gasteiger partial charge in [0.25, 0.3) is 0 Å². The predicted octanol–water partition coefficient (Wildman–Crippen LogP) is 1.48. The van der Waals surface area contributed by atoms with Crippen molar-refractivity contribution in [3.05, 3.63) is 0 Å². The molecule has 2 heteroatoms. The molecule has 1 nitrogen and oxygen atoms in total. The Balaban J connectivity index is 2.65. The summed E-state index contributed by atoms with van der Waals surface area (Å²) in [5, 5.41) is 0. The SMILES string of the molecule is BC[N+]1(CC)CC(CC)C(CC)C1. The average molecular weight is 182 g/mol. The maximum atomic E-state index is 2.36. The lowest BCUT2D eigenvalue weighted by Gasteiger charge is -2.32. The Morgan fingerprint density at radius 2 is 1.54 bits per heavy atom. The van der Waals surface area contributed by atoms with Gasteiger partial charge in [-0.3, -0.25) is 0 Å². The van der Waals surface area contributed by atoms with Gasteiger partial charge in [0.15, 0.2) is 7.85 Å². The van der Waals surface area contributed by atoms with Gasteiger partial charge in [0.05, 0.1) is 19.6 Å². The summed E-state index contributed by atoms with van der Waals surface area (Å²) in [5.74, 6) is 2.01. The summed E-state index contributed by atoms with van der Waals surface area (Å²) in [4.78, 5) is 0. The summed E-state index contributed by atoms with van der Waals surface area (Å²) in [6.07, 6.45) is 4.11. The van der Waals surface area contributed by atoms with Gasteiger partial charge in [0.2, 0.25) is 0 Å². The van der Waals surface area contributed by atoms with Crippen molar-refractivity contribution in [1.29, 1.82) is 0 Å². The van der Waals surface area contributed by atoms with Crippen LogP contribution in [0.25, 0.3) is 0 Å². The third-order valence-electron chi connectivity index (χ3n) is 4.30. The zero-order valence-electron chi connectivity index (χ0n) is 9.84. The Morgan fingerprint density at radius 3 is 1.77 bits per heavy atom. The molecule has 2 atom stereocenters. The highest BCUT2D eigenvalue weighted by atomic mass is 15.4. The fourth-order valence-corrected chi connectivity index (χ4v) is 3.03. The molecule has 1 rings (SSSR count). The van der Waals surface area contributed by atoms with E-state index in [2.05, 4.69) is 28.6 Å². The minimum Gasteiger partial charge on any atom is -0.331 e. The first-order valence-electron chi connectivity index (χ1n) is 6.06. The van der Waals surface area contributed by atoms with Gasteiger partial charge in [-0.2, -0.15) is 0 Å². The Kier molecular flexibility index (Phi) is 3.84. The van der Waals surface area contributed by atoms with Crippen molar-refractivity contribution >= 4 is 7.85 Å². The van der Waals surface area contributed by atoms with Crippen LogP contribution >= 0.6 is 0 Å². The Bertz CT molecular complexity index is 140. The fourth-order valence-electron chi connectivity index (χ4n) is 3.03. The molecule has 1 aliphatic rings. The van der Waals surface area contributed by atoms with Crippen molar-refractivity contribution < 1.29 is 4.48 Å². The van der Waals surface area contributed by atoms with Crippen molar-refractivity contribution in [3.8, 4) is 0 Å². The van der Waals surface area contributed by atoms with E-state index in [1.54, 1.807) is 0 Å². The quantitative estimate of drug-likeness (QED) is 0.456. The molecule has 0 amide bonds. The Morgan fingerprint density at radius 1 is 1.08 bits per heavy atom. The van der Waals surface area contributed by atoms with Gasteiger partial charge in [-0.15, -0.1) is 0 Å². The molecule has 0 N–H and O–H groups in total. The second-order valence-corrected chi connectivity index (χ2v) is 4.68. The standard InChI is InChI=1S/C11H25BN/c1-4-10-7-13(6-3,9-12)8-11(10)5-2/h10-11H,4-9,12H2,1-3H3/q+1. The highest BCUT2D eigenvalue weighted by Gasteiger charge is 2.40. The molecular weight excluding hydrogens is 157 g/mol. The normalized spacial score (nSPS) is 39.6. The van der Waals surface area contributed by atoms with Crippen LogP contribution in [0.2, 0.25) is 0 Å². The van der Waals surface area contributed by atoms with E-state index in [4.69, 9.17) is 0 Å². The topological polar surface area (TPSA) is 0 Å². The molecule has 0 spiro atoms. The summed E-state index contributed by atoms with van der Waals surface area (Å²) < 4.78 is 1.39. The van der Waals surface area contributed by atoms with E-state index in [1.165, 1.54) is 43.4 Å². The second kappa shape index (κ2) is 4.50. The molecular formula is C11H25BN+. The first-order chi connectivity index (χ1) is 6.21. The summed E-state index contributed by atoms with van der Waals surface area (Å²) in [6, 6.07) is 0. The van der Waals surface area contributed by atoms with Crippen LogP contribution in [0, 0.1) is 11.8 Å². The van der Waals surface area contributed by atoms with Crippen LogP contribution in [-0.2, 0) is 0 Å². The van der Waals surface area contributed by atoms with Crippen LogP contribution in [-0.4, -0.2) is 38.4 Å². The van der Waals surface area contributed by atoms with Crippen LogP contribution in [0.4, 0.5) is 0 Å². The lowest BCUT2D eigenvalue weighted by molar-refractivity contribution is -0.907. The van der Waals surface area contributed by atoms with Crippen molar-refractivity contribution in [2.24, 2.45) is 11.8 Å². The minimum absolute atomic E-state index is 1.00. The summed E-state index contributed by atoms with van der Waals surface area (Å²) in [6.45, 7) is 11.3. The van der Waals surface area contributed by atoms with E-state index in [-0.39, 0.29) is 0 Å². The predicted molar refractivity (Wildman–Crippen MR) is 61.5 cm³/mol. The molecule has 0 aromatic rings. The van der Waals surface area contributed by atoms with Gasteiger partial charge in [-0.25, -0.2) is 0 Å². The monoisotopic (exact) mass is 182 g/mol. The highest BCUT2D eigenvalue weighted by Crippen LogP contribution is 2.33. The lowest BCUT2D eigenvalue weighted by Crippen LogP contribution is -2.47. The number of rotatable bonds is 4. The third kappa shape index (κ3) is 2.09. The summed E-state index contributed by atoms with van der Waals surface area (Å²) in [5.41, 5.74) is 0. The van der Waals surface area contributed by atoms with Gasteiger partial charge in [0.1, 0.15) is 0 Å². The van der Waals surface area contributed by atoms with Gasteiger partial charge < -0.3 is 4.48 Å². The average Bonchev–Trinajstić information content (AvgIpc) is 2.57. The van der Waals surface area contributed by atoms with Gasteiger partial charge in [-0.05, 0) is 19.8 Å². The number of hydrogen-bond donors (Lipinski definition) is 0. The Hall–Kier alpha value is 0.0249. The summed E-state index contributed by atoms with van der Waals surface area (Å²) in [7, 11) is 2.36. The number of quaternary nitrogens is 1.